The molecule has 1 amide bonds. The minimum atomic E-state index is -0.584. The van der Waals surface area contributed by atoms with Gasteiger partial charge in [0.25, 0.3) is 0 Å². The number of hydrogen-bond acceptors (Lipinski definition) is 4. The van der Waals surface area contributed by atoms with Crippen molar-refractivity contribution in [3.05, 3.63) is 28.8 Å². The first-order valence-corrected chi connectivity index (χ1v) is 5.91. The quantitative estimate of drug-likeness (QED) is 0.629. The number of anilines is 1. The van der Waals surface area contributed by atoms with Crippen LogP contribution < -0.4 is 11.1 Å². The van der Waals surface area contributed by atoms with Crippen LogP contribution in [0.2, 0.25) is 5.02 Å². The molecule has 1 aromatic rings. The van der Waals surface area contributed by atoms with Crippen molar-refractivity contribution in [1.29, 1.82) is 0 Å². The van der Waals surface area contributed by atoms with Gasteiger partial charge < -0.3 is 15.8 Å². The highest BCUT2D eigenvalue weighted by atomic mass is 35.5. The number of carbonyl (C=O) groups is 2. The van der Waals surface area contributed by atoms with E-state index in [1.165, 1.54) is 12.1 Å². The second kappa shape index (κ2) is 6.86. The summed E-state index contributed by atoms with van der Waals surface area (Å²) >= 11 is 5.76. The van der Waals surface area contributed by atoms with Gasteiger partial charge in [-0.15, -0.1) is 0 Å². The molecule has 0 heterocycles. The number of carbonyl (C=O) groups excluding carboxylic acids is 2. The van der Waals surface area contributed by atoms with Crippen molar-refractivity contribution in [2.75, 3.05) is 18.9 Å². The Hall–Kier alpha value is -1.75. The number of nitrogen functional groups attached to an aromatic ring is 1. The first kappa shape index (κ1) is 14.3. The Morgan fingerprint density at radius 2 is 2.17 bits per heavy atom. The molecule has 6 heteroatoms. The molecule has 5 nitrogen and oxygen atoms in total. The van der Waals surface area contributed by atoms with Crippen LogP contribution in [0.3, 0.4) is 0 Å². The number of rotatable bonds is 5. The number of halogens is 1. The summed E-state index contributed by atoms with van der Waals surface area (Å²) in [4.78, 5) is 22.8. The van der Waals surface area contributed by atoms with Gasteiger partial charge in [-0.2, -0.15) is 0 Å². The Balaban J connectivity index is 2.50. The molecule has 0 radical (unpaired) electrons. The predicted molar refractivity (Wildman–Crippen MR) is 69.4 cm³/mol. The maximum absolute atomic E-state index is 11.7. The lowest BCUT2D eigenvalue weighted by Gasteiger charge is -2.07. The molecule has 1 rings (SSSR count). The van der Waals surface area contributed by atoms with Gasteiger partial charge in [0.2, 0.25) is 5.91 Å². The molecule has 0 aromatic heterocycles. The van der Waals surface area contributed by atoms with Crippen molar-refractivity contribution in [2.45, 2.75) is 13.3 Å². The Morgan fingerprint density at radius 3 is 2.83 bits per heavy atom. The van der Waals surface area contributed by atoms with E-state index in [9.17, 15) is 9.59 Å². The van der Waals surface area contributed by atoms with Gasteiger partial charge in [-0.05, 0) is 25.1 Å². The fraction of sp³-hybridized carbons (Fsp3) is 0.333. The topological polar surface area (TPSA) is 81.4 Å². The molecule has 1 aromatic carbocycles. The molecule has 0 aliphatic carbocycles. The third-order valence-electron chi connectivity index (χ3n) is 2.17. The molecule has 0 bridgehead atoms. The van der Waals surface area contributed by atoms with Crippen LogP contribution in [0.5, 0.6) is 0 Å². The Labute approximate surface area is 110 Å². The van der Waals surface area contributed by atoms with E-state index >= 15 is 0 Å². The summed E-state index contributed by atoms with van der Waals surface area (Å²) in [6.07, 6.45) is 0.125. The second-order valence-corrected chi connectivity index (χ2v) is 4.01. The first-order chi connectivity index (χ1) is 8.54. The summed E-state index contributed by atoms with van der Waals surface area (Å²) in [6, 6.07) is 4.55. The number of ether oxygens (including phenoxy) is 1. The smallest absolute Gasteiger partial charge is 0.340 e. The van der Waals surface area contributed by atoms with Crippen molar-refractivity contribution in [3.63, 3.8) is 0 Å². The highest BCUT2D eigenvalue weighted by Gasteiger charge is 2.12. The minimum Gasteiger partial charge on any atom is -0.461 e. The molecule has 3 N–H and O–H groups in total. The molecule has 0 atom stereocenters. The standard InChI is InChI=1S/C12H15ClN2O3/c1-2-15-11(16)5-6-18-12(17)9-7-8(13)3-4-10(9)14/h3-4,7H,2,5-6,14H2,1H3,(H,15,16). The monoisotopic (exact) mass is 270 g/mol. The number of amides is 1. The molecule has 18 heavy (non-hydrogen) atoms. The highest BCUT2D eigenvalue weighted by molar-refractivity contribution is 6.31. The van der Waals surface area contributed by atoms with E-state index < -0.39 is 5.97 Å². The average Bonchev–Trinajstić information content (AvgIpc) is 2.32. The lowest BCUT2D eigenvalue weighted by atomic mass is 10.2. The number of esters is 1. The van der Waals surface area contributed by atoms with Crippen molar-refractivity contribution in [1.82, 2.24) is 5.32 Å². The van der Waals surface area contributed by atoms with Gasteiger partial charge in [0.05, 0.1) is 12.0 Å². The predicted octanol–water partition coefficient (Wildman–Crippen LogP) is 1.61. The van der Waals surface area contributed by atoms with Gasteiger partial charge in [-0.25, -0.2) is 4.79 Å². The third kappa shape index (κ3) is 4.25. The van der Waals surface area contributed by atoms with Gasteiger partial charge >= 0.3 is 5.97 Å². The van der Waals surface area contributed by atoms with Gasteiger partial charge in [0.15, 0.2) is 0 Å². The van der Waals surface area contributed by atoms with Crippen LogP contribution in [0.1, 0.15) is 23.7 Å². The van der Waals surface area contributed by atoms with Crippen LogP contribution in [0.25, 0.3) is 0 Å². The second-order valence-electron chi connectivity index (χ2n) is 3.57. The first-order valence-electron chi connectivity index (χ1n) is 5.53. The molecule has 0 aliphatic heterocycles. The summed E-state index contributed by atoms with van der Waals surface area (Å²) < 4.78 is 4.94. The van der Waals surface area contributed by atoms with Crippen molar-refractivity contribution < 1.29 is 14.3 Å². The van der Waals surface area contributed by atoms with Crippen LogP contribution in [0.4, 0.5) is 5.69 Å². The molecule has 98 valence electrons. The van der Waals surface area contributed by atoms with E-state index in [4.69, 9.17) is 22.1 Å². The zero-order valence-electron chi connectivity index (χ0n) is 10.0. The maximum Gasteiger partial charge on any atom is 0.340 e. The van der Waals surface area contributed by atoms with E-state index in [1.807, 2.05) is 6.92 Å². The summed E-state index contributed by atoms with van der Waals surface area (Å²) in [6.45, 7) is 2.38. The van der Waals surface area contributed by atoms with Crippen molar-refractivity contribution in [2.24, 2.45) is 0 Å². The SMILES string of the molecule is CCNC(=O)CCOC(=O)c1cc(Cl)ccc1N. The maximum atomic E-state index is 11.7. The highest BCUT2D eigenvalue weighted by Crippen LogP contribution is 2.18. The largest absolute Gasteiger partial charge is 0.461 e. The fourth-order valence-electron chi connectivity index (χ4n) is 1.31. The normalized spacial score (nSPS) is 9.89. The van der Waals surface area contributed by atoms with E-state index in [0.717, 1.165) is 0 Å². The molecule has 0 unspecified atom stereocenters. The molecular weight excluding hydrogens is 256 g/mol. The summed E-state index contributed by atoms with van der Waals surface area (Å²) in [5, 5.41) is 3.01. The summed E-state index contributed by atoms with van der Waals surface area (Å²) in [5.74, 6) is -0.747. The number of benzene rings is 1. The van der Waals surface area contributed by atoms with Crippen molar-refractivity contribution >= 4 is 29.2 Å². The van der Waals surface area contributed by atoms with E-state index in [-0.39, 0.29) is 24.5 Å². The third-order valence-corrected chi connectivity index (χ3v) is 2.41. The summed E-state index contributed by atoms with van der Waals surface area (Å²) in [5.41, 5.74) is 6.13. The Morgan fingerprint density at radius 1 is 1.44 bits per heavy atom. The average molecular weight is 271 g/mol. The van der Waals surface area contributed by atoms with Crippen LogP contribution in [-0.2, 0) is 9.53 Å². The molecule has 0 saturated carbocycles. The van der Waals surface area contributed by atoms with Gasteiger partial charge in [0, 0.05) is 17.3 Å². The van der Waals surface area contributed by atoms with Gasteiger partial charge in [-0.1, -0.05) is 11.6 Å². The van der Waals surface area contributed by atoms with Crippen LogP contribution in [0, 0.1) is 0 Å². The molecular formula is C12H15ClN2O3. The molecule has 0 spiro atoms. The summed E-state index contributed by atoms with van der Waals surface area (Å²) in [7, 11) is 0. The lowest BCUT2D eigenvalue weighted by Crippen LogP contribution is -2.24. The van der Waals surface area contributed by atoms with Crippen LogP contribution >= 0.6 is 11.6 Å². The molecule has 0 aliphatic rings. The molecule has 0 fully saturated rings. The molecule has 0 saturated heterocycles. The van der Waals surface area contributed by atoms with E-state index in [0.29, 0.717) is 17.3 Å². The Bertz CT molecular complexity index is 449. The van der Waals surface area contributed by atoms with Crippen LogP contribution in [-0.4, -0.2) is 25.0 Å². The zero-order valence-corrected chi connectivity index (χ0v) is 10.8. The fourth-order valence-corrected chi connectivity index (χ4v) is 1.48. The lowest BCUT2D eigenvalue weighted by molar-refractivity contribution is -0.121. The Kier molecular flexibility index (Phi) is 5.45. The minimum absolute atomic E-state index is 0.0105. The number of nitrogens with one attached hydrogen (secondary N) is 1. The number of nitrogens with two attached hydrogens (primary N) is 1. The van der Waals surface area contributed by atoms with Crippen molar-refractivity contribution in [3.8, 4) is 0 Å². The van der Waals surface area contributed by atoms with Gasteiger partial charge in [0.1, 0.15) is 6.61 Å². The zero-order chi connectivity index (χ0) is 13.5. The number of hydrogen-bond donors (Lipinski definition) is 2. The van der Waals surface area contributed by atoms with E-state index in [1.54, 1.807) is 6.07 Å². The van der Waals surface area contributed by atoms with E-state index in [2.05, 4.69) is 5.32 Å². The van der Waals surface area contributed by atoms with Crippen LogP contribution in [0.15, 0.2) is 18.2 Å². The van der Waals surface area contributed by atoms with Gasteiger partial charge in [-0.3, -0.25) is 4.79 Å².